The minimum absolute atomic E-state index is 0.246. The first-order valence-corrected chi connectivity index (χ1v) is 10.2. The van der Waals surface area contributed by atoms with Crippen LogP contribution in [0.5, 0.6) is 5.75 Å². The number of nitrogens with zero attached hydrogens (tertiary/aromatic N) is 4. The second-order valence-corrected chi connectivity index (χ2v) is 7.27. The first-order chi connectivity index (χ1) is 13.7. The van der Waals surface area contributed by atoms with E-state index in [9.17, 15) is 5.11 Å². The van der Waals surface area contributed by atoms with Gasteiger partial charge in [-0.15, -0.1) is 0 Å². The zero-order valence-electron chi connectivity index (χ0n) is 16.8. The summed E-state index contributed by atoms with van der Waals surface area (Å²) in [7, 11) is 0. The Morgan fingerprint density at radius 3 is 1.71 bits per heavy atom. The topological polar surface area (TPSA) is 69.9 Å². The van der Waals surface area contributed by atoms with Gasteiger partial charge in [0.2, 0.25) is 0 Å². The first-order valence-electron chi connectivity index (χ1n) is 10.2. The average molecular weight is 389 g/mol. The second kappa shape index (κ2) is 11.3. The third-order valence-corrected chi connectivity index (χ3v) is 5.07. The van der Waals surface area contributed by atoms with E-state index in [2.05, 4.69) is 19.8 Å². The van der Waals surface area contributed by atoms with E-state index in [-0.39, 0.29) is 5.75 Å². The van der Waals surface area contributed by atoms with Crippen LogP contribution in [0.1, 0.15) is 16.7 Å². The molecule has 2 saturated heterocycles. The molecule has 0 atom stereocenters. The van der Waals surface area contributed by atoms with Gasteiger partial charge in [0.1, 0.15) is 5.75 Å². The molecule has 7 nitrogen and oxygen atoms in total. The Bertz CT molecular complexity index is 613. The quantitative estimate of drug-likeness (QED) is 0.678. The van der Waals surface area contributed by atoms with Crippen molar-refractivity contribution in [1.29, 1.82) is 0 Å². The Kier molecular flexibility index (Phi) is 8.42. The number of phenolic OH excluding ortho intramolecular Hbond substituents is 1. The lowest BCUT2D eigenvalue weighted by Crippen LogP contribution is -2.37. The minimum Gasteiger partial charge on any atom is -0.507 e. The van der Waals surface area contributed by atoms with Crippen LogP contribution in [0.25, 0.3) is 0 Å². The number of morpholine rings is 2. The van der Waals surface area contributed by atoms with E-state index in [4.69, 9.17) is 9.47 Å². The van der Waals surface area contributed by atoms with Crippen molar-refractivity contribution in [2.75, 3.05) is 78.8 Å². The number of benzene rings is 1. The Labute approximate surface area is 167 Å². The molecular formula is C21H32N4O3. The Hall–Kier alpha value is -1.80. The van der Waals surface area contributed by atoms with Crippen molar-refractivity contribution in [3.8, 4) is 5.75 Å². The molecule has 154 valence electrons. The molecule has 1 aromatic rings. The van der Waals surface area contributed by atoms with Gasteiger partial charge in [-0.25, -0.2) is 0 Å². The second-order valence-electron chi connectivity index (χ2n) is 7.27. The molecule has 0 aromatic heterocycles. The van der Waals surface area contributed by atoms with Crippen LogP contribution < -0.4 is 0 Å². The van der Waals surface area contributed by atoms with Gasteiger partial charge in [0.25, 0.3) is 0 Å². The molecular weight excluding hydrogens is 356 g/mol. The number of aliphatic imine (C=N–C) groups is 2. The van der Waals surface area contributed by atoms with E-state index in [1.54, 1.807) is 12.4 Å². The average Bonchev–Trinajstić information content (AvgIpc) is 2.73. The molecule has 2 heterocycles. The van der Waals surface area contributed by atoms with Crippen LogP contribution in [0, 0.1) is 6.92 Å². The molecule has 7 heteroatoms. The Morgan fingerprint density at radius 2 is 1.29 bits per heavy atom. The van der Waals surface area contributed by atoms with E-state index < -0.39 is 0 Å². The summed E-state index contributed by atoms with van der Waals surface area (Å²) in [6.07, 6.45) is 3.54. The minimum atomic E-state index is 0.246. The van der Waals surface area contributed by atoms with Gasteiger partial charge in [0, 0.05) is 62.8 Å². The van der Waals surface area contributed by atoms with Crippen molar-refractivity contribution in [3.05, 3.63) is 28.8 Å². The van der Waals surface area contributed by atoms with Crippen LogP contribution in [0.3, 0.4) is 0 Å². The number of hydrogen-bond acceptors (Lipinski definition) is 7. The molecule has 2 fully saturated rings. The third-order valence-electron chi connectivity index (χ3n) is 5.07. The lowest BCUT2D eigenvalue weighted by molar-refractivity contribution is 0.0394. The van der Waals surface area contributed by atoms with Gasteiger partial charge in [0.15, 0.2) is 0 Å². The van der Waals surface area contributed by atoms with E-state index in [0.717, 1.165) is 95.5 Å². The first kappa shape index (κ1) is 20.9. The van der Waals surface area contributed by atoms with Crippen molar-refractivity contribution < 1.29 is 14.6 Å². The van der Waals surface area contributed by atoms with Gasteiger partial charge < -0.3 is 14.6 Å². The molecule has 0 bridgehead atoms. The van der Waals surface area contributed by atoms with Crippen LogP contribution in [0.4, 0.5) is 0 Å². The van der Waals surface area contributed by atoms with Gasteiger partial charge in [-0.05, 0) is 24.6 Å². The fraction of sp³-hybridized carbons (Fsp3) is 0.619. The molecule has 0 saturated carbocycles. The van der Waals surface area contributed by atoms with Crippen molar-refractivity contribution in [2.45, 2.75) is 6.92 Å². The maximum absolute atomic E-state index is 10.6. The summed E-state index contributed by atoms with van der Waals surface area (Å²) in [6, 6.07) is 3.91. The highest BCUT2D eigenvalue weighted by molar-refractivity contribution is 5.92. The highest BCUT2D eigenvalue weighted by Gasteiger charge is 2.10. The monoisotopic (exact) mass is 388 g/mol. The number of aryl methyl sites for hydroxylation is 1. The van der Waals surface area contributed by atoms with E-state index in [1.165, 1.54) is 0 Å². The van der Waals surface area contributed by atoms with Crippen molar-refractivity contribution in [2.24, 2.45) is 9.98 Å². The van der Waals surface area contributed by atoms with Crippen LogP contribution >= 0.6 is 0 Å². The SMILES string of the molecule is Cc1cc(C=NCCN2CCOCC2)c(O)c(C=NCCN2CCOCC2)c1. The fourth-order valence-electron chi connectivity index (χ4n) is 3.41. The highest BCUT2D eigenvalue weighted by atomic mass is 16.5. The zero-order valence-corrected chi connectivity index (χ0v) is 16.8. The van der Waals surface area contributed by atoms with E-state index >= 15 is 0 Å². The molecule has 28 heavy (non-hydrogen) atoms. The molecule has 2 aliphatic heterocycles. The lowest BCUT2D eigenvalue weighted by atomic mass is 10.1. The molecule has 1 N–H and O–H groups in total. The summed E-state index contributed by atoms with van der Waals surface area (Å²) in [5, 5.41) is 10.6. The van der Waals surface area contributed by atoms with E-state index in [1.807, 2.05) is 19.1 Å². The number of ether oxygens (including phenoxy) is 2. The Morgan fingerprint density at radius 1 is 0.857 bits per heavy atom. The van der Waals surface area contributed by atoms with Gasteiger partial charge in [-0.2, -0.15) is 0 Å². The van der Waals surface area contributed by atoms with Crippen LogP contribution in [-0.2, 0) is 9.47 Å². The van der Waals surface area contributed by atoms with Gasteiger partial charge >= 0.3 is 0 Å². The molecule has 0 radical (unpaired) electrons. The fourth-order valence-corrected chi connectivity index (χ4v) is 3.41. The lowest BCUT2D eigenvalue weighted by Gasteiger charge is -2.25. The summed E-state index contributed by atoms with van der Waals surface area (Å²) in [5.74, 6) is 0.246. The maximum Gasteiger partial charge on any atom is 0.133 e. The Balaban J connectivity index is 1.51. The maximum atomic E-state index is 10.6. The van der Waals surface area contributed by atoms with Crippen LogP contribution in [0.2, 0.25) is 0 Å². The summed E-state index contributed by atoms with van der Waals surface area (Å²) >= 11 is 0. The number of aromatic hydroxyl groups is 1. The number of rotatable bonds is 8. The van der Waals surface area contributed by atoms with Gasteiger partial charge in [-0.3, -0.25) is 19.8 Å². The van der Waals surface area contributed by atoms with E-state index in [0.29, 0.717) is 0 Å². The molecule has 0 spiro atoms. The predicted molar refractivity (Wildman–Crippen MR) is 112 cm³/mol. The number of phenols is 1. The summed E-state index contributed by atoms with van der Waals surface area (Å²) in [5.41, 5.74) is 2.58. The summed E-state index contributed by atoms with van der Waals surface area (Å²) < 4.78 is 10.7. The van der Waals surface area contributed by atoms with Crippen LogP contribution in [-0.4, -0.2) is 106 Å². The molecule has 0 aliphatic carbocycles. The highest BCUT2D eigenvalue weighted by Crippen LogP contribution is 2.22. The van der Waals surface area contributed by atoms with Crippen molar-refractivity contribution in [1.82, 2.24) is 9.80 Å². The molecule has 1 aromatic carbocycles. The normalized spacial score (nSPS) is 19.8. The molecule has 2 aliphatic rings. The smallest absolute Gasteiger partial charge is 0.133 e. The molecule has 0 amide bonds. The largest absolute Gasteiger partial charge is 0.507 e. The van der Waals surface area contributed by atoms with Crippen LogP contribution in [0.15, 0.2) is 22.1 Å². The predicted octanol–water partition coefficient (Wildman–Crippen LogP) is 1.20. The number of hydrogen-bond donors (Lipinski definition) is 1. The standard InChI is InChI=1S/C21H32N4O3/c1-18-14-19(16-22-2-4-24-6-10-27-11-7-24)21(26)20(15-18)17-23-3-5-25-8-12-28-13-9-25/h14-17,26H,2-13H2,1H3. The summed E-state index contributed by atoms with van der Waals surface area (Å²) in [4.78, 5) is 13.7. The van der Waals surface area contributed by atoms with Gasteiger partial charge in [-0.1, -0.05) is 0 Å². The third kappa shape index (κ3) is 6.67. The van der Waals surface area contributed by atoms with Gasteiger partial charge in [0.05, 0.1) is 39.5 Å². The zero-order chi connectivity index (χ0) is 19.6. The van der Waals surface area contributed by atoms with Crippen molar-refractivity contribution >= 4 is 12.4 Å². The molecule has 0 unspecified atom stereocenters. The molecule has 3 rings (SSSR count). The van der Waals surface area contributed by atoms with Crippen molar-refractivity contribution in [3.63, 3.8) is 0 Å². The summed E-state index contributed by atoms with van der Waals surface area (Å²) in [6.45, 7) is 12.4.